The summed E-state index contributed by atoms with van der Waals surface area (Å²) in [5.74, 6) is -2.14. The van der Waals surface area contributed by atoms with Gasteiger partial charge in [-0.1, -0.05) is 48.5 Å². The van der Waals surface area contributed by atoms with Gasteiger partial charge in [-0.3, -0.25) is 4.79 Å². The molecule has 3 heterocycles. The number of sulfonamides is 1. The number of amides is 2. The predicted octanol–water partition coefficient (Wildman–Crippen LogP) is 5.03. The zero-order valence-corrected chi connectivity index (χ0v) is 27.4. The fraction of sp³-hybridized carbons (Fsp3) is 0.364. The zero-order valence-electron chi connectivity index (χ0n) is 26.6. The van der Waals surface area contributed by atoms with Gasteiger partial charge in [0.15, 0.2) is 0 Å². The molecule has 2 aliphatic rings. The standard InChI is InChI=1S/C33H32F5N5O6S/c1-50(46,47)41-13-12-25(42(15-14-41)31(45)48-20-21-6-3-2-4-7-21)18-39-29(44)22-10-11-27-26(16-22)40-30(33(36,37)38)43(27)19-24-9-5-8-23-17-32(34,35)49-28(23)24/h2-11,16,25H,12-15,17-20H2,1H3,(H,39,44). The van der Waals surface area contributed by atoms with Gasteiger partial charge in [-0.05, 0) is 30.2 Å². The Morgan fingerprint density at radius 2 is 1.80 bits per heavy atom. The van der Waals surface area contributed by atoms with Gasteiger partial charge < -0.3 is 24.3 Å². The minimum absolute atomic E-state index is 0.00184. The number of imidazole rings is 1. The summed E-state index contributed by atoms with van der Waals surface area (Å²) in [6.07, 6.45) is -8.56. The molecule has 2 amide bonds. The van der Waals surface area contributed by atoms with Gasteiger partial charge in [-0.2, -0.15) is 22.0 Å². The Morgan fingerprint density at radius 3 is 2.52 bits per heavy atom. The van der Waals surface area contributed by atoms with Crippen LogP contribution in [0.5, 0.6) is 5.75 Å². The average Bonchev–Trinajstić information content (AvgIpc) is 3.49. The molecule has 2 aliphatic heterocycles. The van der Waals surface area contributed by atoms with Crippen molar-refractivity contribution in [1.82, 2.24) is 24.1 Å². The predicted molar refractivity (Wildman–Crippen MR) is 170 cm³/mol. The Balaban J connectivity index is 1.21. The molecule has 1 unspecified atom stereocenters. The van der Waals surface area contributed by atoms with Crippen LogP contribution in [0.1, 0.15) is 39.3 Å². The van der Waals surface area contributed by atoms with E-state index in [0.29, 0.717) is 0 Å². The summed E-state index contributed by atoms with van der Waals surface area (Å²) in [6, 6.07) is 16.3. The van der Waals surface area contributed by atoms with E-state index in [1.807, 2.05) is 6.07 Å². The molecule has 50 heavy (non-hydrogen) atoms. The highest BCUT2D eigenvalue weighted by Gasteiger charge is 2.42. The molecule has 4 aromatic rings. The van der Waals surface area contributed by atoms with Crippen molar-refractivity contribution < 1.29 is 49.4 Å². The molecule has 1 aromatic heterocycles. The van der Waals surface area contributed by atoms with Crippen molar-refractivity contribution in [2.75, 3.05) is 32.4 Å². The molecule has 1 fully saturated rings. The Kier molecular flexibility index (Phi) is 9.47. The minimum Gasteiger partial charge on any atom is -0.445 e. The second-order valence-electron chi connectivity index (χ2n) is 12.1. The fourth-order valence-electron chi connectivity index (χ4n) is 6.12. The number of carbonyl (C=O) groups excluding carboxylic acids is 2. The van der Waals surface area contributed by atoms with Crippen molar-refractivity contribution >= 4 is 33.1 Å². The van der Waals surface area contributed by atoms with Crippen LogP contribution in [0.3, 0.4) is 0 Å². The van der Waals surface area contributed by atoms with Crippen LogP contribution < -0.4 is 10.1 Å². The largest absolute Gasteiger partial charge is 0.449 e. The summed E-state index contributed by atoms with van der Waals surface area (Å²) in [6.45, 7) is -0.509. The molecule has 0 aliphatic carbocycles. The molecule has 6 rings (SSSR count). The van der Waals surface area contributed by atoms with Crippen molar-refractivity contribution in [2.24, 2.45) is 0 Å². The highest BCUT2D eigenvalue weighted by atomic mass is 32.2. The average molecular weight is 722 g/mol. The van der Waals surface area contributed by atoms with Crippen LogP contribution in [-0.2, 0) is 40.5 Å². The van der Waals surface area contributed by atoms with Crippen molar-refractivity contribution in [3.8, 4) is 5.75 Å². The molecule has 1 atom stereocenters. The SMILES string of the molecule is CS(=O)(=O)N1CCC(CNC(=O)c2ccc3c(c2)nc(C(F)(F)F)n3Cc2cccc3c2OC(F)(F)C3)N(C(=O)OCc2ccccc2)CC1. The molecule has 0 radical (unpaired) electrons. The Morgan fingerprint density at radius 1 is 1.04 bits per heavy atom. The Bertz CT molecular complexity index is 2020. The van der Waals surface area contributed by atoms with Crippen molar-refractivity contribution in [3.63, 3.8) is 0 Å². The van der Waals surface area contributed by atoms with Gasteiger partial charge in [-0.25, -0.2) is 22.5 Å². The summed E-state index contributed by atoms with van der Waals surface area (Å²) >= 11 is 0. The molecule has 266 valence electrons. The molecule has 0 spiro atoms. The third kappa shape index (κ3) is 7.67. The highest BCUT2D eigenvalue weighted by molar-refractivity contribution is 7.88. The van der Waals surface area contributed by atoms with Crippen LogP contribution in [-0.4, -0.2) is 83.8 Å². The first kappa shape index (κ1) is 35.1. The van der Waals surface area contributed by atoms with E-state index < -0.39 is 59.1 Å². The number of para-hydroxylation sites is 1. The van der Waals surface area contributed by atoms with E-state index in [1.165, 1.54) is 45.6 Å². The lowest BCUT2D eigenvalue weighted by Gasteiger charge is -2.29. The third-order valence-electron chi connectivity index (χ3n) is 8.57. The van der Waals surface area contributed by atoms with E-state index >= 15 is 0 Å². The molecule has 0 saturated carbocycles. The van der Waals surface area contributed by atoms with Gasteiger partial charge in [0.25, 0.3) is 5.91 Å². The Labute approximate surface area is 283 Å². The lowest BCUT2D eigenvalue weighted by atomic mass is 10.1. The highest BCUT2D eigenvalue weighted by Crippen LogP contribution is 2.41. The van der Waals surface area contributed by atoms with Crippen LogP contribution in [0, 0.1) is 0 Å². The van der Waals surface area contributed by atoms with E-state index in [-0.39, 0.29) is 72.7 Å². The number of alkyl halides is 5. The second-order valence-corrected chi connectivity index (χ2v) is 14.1. The first-order valence-corrected chi connectivity index (χ1v) is 17.4. The van der Waals surface area contributed by atoms with Crippen LogP contribution in [0.2, 0.25) is 0 Å². The van der Waals surface area contributed by atoms with Crippen molar-refractivity contribution in [1.29, 1.82) is 0 Å². The maximum absolute atomic E-state index is 14.2. The number of carbonyl (C=O) groups is 2. The number of hydrogen-bond donors (Lipinski definition) is 1. The molecular formula is C33H32F5N5O6S. The smallest absolute Gasteiger partial charge is 0.445 e. The van der Waals surface area contributed by atoms with Gasteiger partial charge in [0.2, 0.25) is 15.8 Å². The number of ether oxygens (including phenoxy) is 2. The number of aromatic nitrogens is 2. The summed E-state index contributed by atoms with van der Waals surface area (Å²) in [7, 11) is -3.57. The van der Waals surface area contributed by atoms with Gasteiger partial charge in [0, 0.05) is 42.9 Å². The summed E-state index contributed by atoms with van der Waals surface area (Å²) in [5, 5.41) is 2.70. The molecule has 3 aromatic carbocycles. The van der Waals surface area contributed by atoms with E-state index in [9.17, 15) is 40.0 Å². The first-order chi connectivity index (χ1) is 23.6. The molecule has 0 bridgehead atoms. The summed E-state index contributed by atoms with van der Waals surface area (Å²) in [5.41, 5.74) is 0.846. The van der Waals surface area contributed by atoms with Crippen molar-refractivity contribution in [2.45, 2.75) is 44.3 Å². The van der Waals surface area contributed by atoms with Crippen molar-refractivity contribution in [3.05, 3.63) is 94.8 Å². The number of fused-ring (bicyclic) bond motifs is 2. The number of nitrogens with zero attached hydrogens (tertiary/aromatic N) is 4. The lowest BCUT2D eigenvalue weighted by molar-refractivity contribution is -0.159. The summed E-state index contributed by atoms with van der Waals surface area (Å²) in [4.78, 5) is 31.6. The normalized spacial score (nSPS) is 18.0. The number of nitrogens with one attached hydrogen (secondary N) is 1. The monoisotopic (exact) mass is 721 g/mol. The summed E-state index contributed by atoms with van der Waals surface area (Å²) < 4.78 is 107. The maximum Gasteiger partial charge on any atom is 0.449 e. The van der Waals surface area contributed by atoms with Crippen LogP contribution in [0.4, 0.5) is 26.7 Å². The lowest BCUT2D eigenvalue weighted by Crippen LogP contribution is -2.47. The van der Waals surface area contributed by atoms with E-state index in [4.69, 9.17) is 9.47 Å². The van der Waals surface area contributed by atoms with E-state index in [1.54, 1.807) is 24.3 Å². The van der Waals surface area contributed by atoms with E-state index in [2.05, 4.69) is 10.3 Å². The zero-order chi connectivity index (χ0) is 35.8. The van der Waals surface area contributed by atoms with Gasteiger partial charge in [-0.15, -0.1) is 0 Å². The number of benzene rings is 3. The van der Waals surface area contributed by atoms with E-state index in [0.717, 1.165) is 16.4 Å². The van der Waals surface area contributed by atoms with Gasteiger partial charge >= 0.3 is 18.4 Å². The third-order valence-corrected chi connectivity index (χ3v) is 9.87. The van der Waals surface area contributed by atoms with Crippen LogP contribution >= 0.6 is 0 Å². The number of halogens is 5. The van der Waals surface area contributed by atoms with Crippen LogP contribution in [0.25, 0.3) is 11.0 Å². The molecule has 17 heteroatoms. The number of hydrogen-bond acceptors (Lipinski definition) is 7. The fourth-order valence-corrected chi connectivity index (χ4v) is 6.97. The number of rotatable bonds is 8. The second kappa shape index (κ2) is 13.5. The quantitative estimate of drug-likeness (QED) is 0.253. The molecule has 1 saturated heterocycles. The Hall–Kier alpha value is -4.77. The first-order valence-electron chi connectivity index (χ1n) is 15.5. The topological polar surface area (TPSA) is 123 Å². The van der Waals surface area contributed by atoms with Gasteiger partial charge in [0.05, 0.1) is 36.3 Å². The van der Waals surface area contributed by atoms with Gasteiger partial charge in [0.1, 0.15) is 12.4 Å². The molecule has 1 N–H and O–H groups in total. The minimum atomic E-state index is -4.91. The maximum atomic E-state index is 14.2. The van der Waals surface area contributed by atoms with Crippen LogP contribution in [0.15, 0.2) is 66.7 Å². The molecular weight excluding hydrogens is 689 g/mol. The molecule has 11 nitrogen and oxygen atoms in total.